The van der Waals surface area contributed by atoms with Crippen molar-refractivity contribution >= 4 is 17.2 Å². The zero-order chi connectivity index (χ0) is 11.0. The molecule has 80 valence electrons. The van der Waals surface area contributed by atoms with Gasteiger partial charge in [0.1, 0.15) is 5.15 Å². The second-order valence-corrected chi connectivity index (χ2v) is 4.56. The molecule has 4 heteroatoms. The molecule has 0 saturated carbocycles. The quantitative estimate of drug-likeness (QED) is 0.784. The molecule has 2 aromatic heterocycles. The molecular weight excluding hydrogens is 210 g/mol. The minimum atomic E-state index is 0.505. The third-order valence-corrected chi connectivity index (χ3v) is 2.54. The van der Waals surface area contributed by atoms with Crippen molar-refractivity contribution < 1.29 is 0 Å². The van der Waals surface area contributed by atoms with Gasteiger partial charge in [0.25, 0.3) is 0 Å². The van der Waals surface area contributed by atoms with E-state index in [4.69, 9.17) is 11.6 Å². The summed E-state index contributed by atoms with van der Waals surface area (Å²) in [6, 6.07) is 3.66. The average molecular weight is 224 g/mol. The molecule has 3 nitrogen and oxygen atoms in total. The van der Waals surface area contributed by atoms with Crippen molar-refractivity contribution in [3.05, 3.63) is 28.7 Å². The van der Waals surface area contributed by atoms with E-state index in [9.17, 15) is 0 Å². The lowest BCUT2D eigenvalue weighted by molar-refractivity contribution is 0.619. The van der Waals surface area contributed by atoms with Gasteiger partial charge in [-0.2, -0.15) is 5.10 Å². The first-order valence-electron chi connectivity index (χ1n) is 5.08. The van der Waals surface area contributed by atoms with E-state index in [1.54, 1.807) is 6.07 Å². The molecule has 2 aromatic rings. The molecule has 0 aliphatic carbocycles. The fraction of sp³-hybridized carbons (Fsp3) is 0.455. The van der Waals surface area contributed by atoms with Gasteiger partial charge in [0, 0.05) is 0 Å². The number of aromatic nitrogens is 3. The van der Waals surface area contributed by atoms with Gasteiger partial charge in [-0.1, -0.05) is 25.4 Å². The van der Waals surface area contributed by atoms with E-state index < -0.39 is 0 Å². The monoisotopic (exact) mass is 223 g/mol. The smallest absolute Gasteiger partial charge is 0.154 e. The fourth-order valence-corrected chi connectivity index (χ4v) is 1.83. The van der Waals surface area contributed by atoms with Crippen molar-refractivity contribution in [3.8, 4) is 0 Å². The van der Waals surface area contributed by atoms with Crippen molar-refractivity contribution in [1.82, 2.24) is 14.6 Å². The van der Waals surface area contributed by atoms with Gasteiger partial charge in [-0.05, 0) is 31.4 Å². The Kier molecular flexibility index (Phi) is 2.65. The maximum Gasteiger partial charge on any atom is 0.154 e. The zero-order valence-electron chi connectivity index (χ0n) is 9.16. The first-order valence-corrected chi connectivity index (χ1v) is 5.46. The molecule has 2 rings (SSSR count). The van der Waals surface area contributed by atoms with Crippen LogP contribution in [0.3, 0.4) is 0 Å². The van der Waals surface area contributed by atoms with Crippen LogP contribution in [0.25, 0.3) is 5.65 Å². The number of nitrogens with zero attached hydrogens (tertiary/aromatic N) is 3. The van der Waals surface area contributed by atoms with Crippen LogP contribution in [0.15, 0.2) is 12.1 Å². The van der Waals surface area contributed by atoms with Crippen LogP contribution in [0.1, 0.15) is 25.2 Å². The van der Waals surface area contributed by atoms with Gasteiger partial charge >= 0.3 is 0 Å². The highest BCUT2D eigenvalue weighted by Crippen LogP contribution is 2.16. The maximum absolute atomic E-state index is 5.88. The number of hydrogen-bond acceptors (Lipinski definition) is 2. The van der Waals surface area contributed by atoms with Crippen LogP contribution in [0.5, 0.6) is 0 Å². The van der Waals surface area contributed by atoms with Gasteiger partial charge in [0.2, 0.25) is 0 Å². The van der Waals surface area contributed by atoms with E-state index >= 15 is 0 Å². The largest absolute Gasteiger partial charge is 0.232 e. The molecule has 0 aliphatic rings. The first kappa shape index (κ1) is 10.4. The topological polar surface area (TPSA) is 30.2 Å². The highest BCUT2D eigenvalue weighted by molar-refractivity contribution is 6.29. The van der Waals surface area contributed by atoms with Crippen LogP contribution in [0, 0.1) is 12.8 Å². The number of imidazole rings is 1. The molecule has 0 bridgehead atoms. The molecule has 0 amide bonds. The number of aryl methyl sites for hydroxylation is 1. The summed E-state index contributed by atoms with van der Waals surface area (Å²) < 4.78 is 1.84. The standard InChI is InChI=1S/C11H14ClN3/c1-7(2)6-9-8(3)13-11-5-4-10(12)14-15(9)11/h4-5,7H,6H2,1-3H3. The van der Waals surface area contributed by atoms with Gasteiger partial charge in [0.15, 0.2) is 5.65 Å². The number of rotatable bonds is 2. The molecule has 0 aromatic carbocycles. The van der Waals surface area contributed by atoms with E-state index in [0.717, 1.165) is 23.5 Å². The SMILES string of the molecule is Cc1nc2ccc(Cl)nn2c1CC(C)C. The molecule has 0 atom stereocenters. The van der Waals surface area contributed by atoms with Crippen LogP contribution in [-0.2, 0) is 6.42 Å². The van der Waals surface area contributed by atoms with E-state index in [-0.39, 0.29) is 0 Å². The molecule has 0 radical (unpaired) electrons. The van der Waals surface area contributed by atoms with Crippen molar-refractivity contribution in [2.45, 2.75) is 27.2 Å². The van der Waals surface area contributed by atoms with Crippen LogP contribution in [-0.4, -0.2) is 14.6 Å². The van der Waals surface area contributed by atoms with E-state index in [1.807, 2.05) is 17.5 Å². The molecule has 0 fully saturated rings. The molecule has 0 saturated heterocycles. The van der Waals surface area contributed by atoms with Gasteiger partial charge in [-0.15, -0.1) is 0 Å². The van der Waals surface area contributed by atoms with Gasteiger partial charge in [-0.3, -0.25) is 0 Å². The Bertz CT molecular complexity index is 488. The Labute approximate surface area is 94.1 Å². The fourth-order valence-electron chi connectivity index (χ4n) is 1.69. The molecule has 0 unspecified atom stereocenters. The van der Waals surface area contributed by atoms with Gasteiger partial charge in [0.05, 0.1) is 11.4 Å². The minimum absolute atomic E-state index is 0.505. The third-order valence-electron chi connectivity index (χ3n) is 2.34. The predicted octanol–water partition coefficient (Wildman–Crippen LogP) is 2.89. The van der Waals surface area contributed by atoms with Crippen molar-refractivity contribution in [1.29, 1.82) is 0 Å². The summed E-state index contributed by atoms with van der Waals surface area (Å²) >= 11 is 5.88. The summed E-state index contributed by atoms with van der Waals surface area (Å²) in [5.74, 6) is 0.587. The Morgan fingerprint density at radius 2 is 2.13 bits per heavy atom. The summed E-state index contributed by atoms with van der Waals surface area (Å²) in [6.45, 7) is 6.38. The van der Waals surface area contributed by atoms with E-state index in [0.29, 0.717) is 11.1 Å². The summed E-state index contributed by atoms with van der Waals surface area (Å²) in [4.78, 5) is 4.45. The Balaban J connectivity index is 2.60. The highest BCUT2D eigenvalue weighted by Gasteiger charge is 2.11. The number of hydrogen-bond donors (Lipinski definition) is 0. The van der Waals surface area contributed by atoms with E-state index in [1.165, 1.54) is 0 Å². The summed E-state index contributed by atoms with van der Waals surface area (Å²) in [5, 5.41) is 4.77. The van der Waals surface area contributed by atoms with Crippen molar-refractivity contribution in [3.63, 3.8) is 0 Å². The average Bonchev–Trinajstić information content (AvgIpc) is 2.43. The van der Waals surface area contributed by atoms with Crippen LogP contribution < -0.4 is 0 Å². The Hall–Kier alpha value is -1.09. The van der Waals surface area contributed by atoms with Crippen molar-refractivity contribution in [2.75, 3.05) is 0 Å². The van der Waals surface area contributed by atoms with Crippen LogP contribution >= 0.6 is 11.6 Å². The lowest BCUT2D eigenvalue weighted by atomic mass is 10.1. The Morgan fingerprint density at radius 1 is 1.40 bits per heavy atom. The Morgan fingerprint density at radius 3 is 2.80 bits per heavy atom. The predicted molar refractivity (Wildman–Crippen MR) is 61.3 cm³/mol. The molecule has 15 heavy (non-hydrogen) atoms. The molecule has 0 spiro atoms. The van der Waals surface area contributed by atoms with Crippen LogP contribution in [0.4, 0.5) is 0 Å². The molecular formula is C11H14ClN3. The van der Waals surface area contributed by atoms with Crippen molar-refractivity contribution in [2.24, 2.45) is 5.92 Å². The second-order valence-electron chi connectivity index (χ2n) is 4.17. The summed E-state index contributed by atoms with van der Waals surface area (Å²) in [5.41, 5.74) is 3.06. The lowest BCUT2D eigenvalue weighted by Crippen LogP contribution is -2.03. The number of fused-ring (bicyclic) bond motifs is 1. The second kappa shape index (κ2) is 3.81. The number of halogens is 1. The molecule has 2 heterocycles. The van der Waals surface area contributed by atoms with E-state index in [2.05, 4.69) is 23.9 Å². The van der Waals surface area contributed by atoms with Gasteiger partial charge < -0.3 is 0 Å². The van der Waals surface area contributed by atoms with Crippen LogP contribution in [0.2, 0.25) is 5.15 Å². The lowest BCUT2D eigenvalue weighted by Gasteiger charge is -2.04. The minimum Gasteiger partial charge on any atom is -0.232 e. The summed E-state index contributed by atoms with van der Waals surface area (Å²) in [6.07, 6.45) is 0.973. The summed E-state index contributed by atoms with van der Waals surface area (Å²) in [7, 11) is 0. The molecule has 0 aliphatic heterocycles. The van der Waals surface area contributed by atoms with Gasteiger partial charge in [-0.25, -0.2) is 9.50 Å². The third kappa shape index (κ3) is 1.97. The molecule has 0 N–H and O–H groups in total. The zero-order valence-corrected chi connectivity index (χ0v) is 9.91. The normalized spacial score (nSPS) is 11.5. The highest BCUT2D eigenvalue weighted by atomic mass is 35.5. The first-order chi connectivity index (χ1) is 7.08. The maximum atomic E-state index is 5.88.